The minimum atomic E-state index is -0.899. The fourth-order valence-corrected chi connectivity index (χ4v) is 3.16. The van der Waals surface area contributed by atoms with Gasteiger partial charge in [0.2, 0.25) is 0 Å². The number of halogens is 1. The molecule has 0 atom stereocenters. The SMILES string of the molecule is O=C(O)c1sccc1-c1ccc(Cl)c2ccccc12. The van der Waals surface area contributed by atoms with Crippen molar-refractivity contribution < 1.29 is 9.90 Å². The highest BCUT2D eigenvalue weighted by atomic mass is 35.5. The molecule has 0 saturated carbocycles. The molecule has 0 spiro atoms. The van der Waals surface area contributed by atoms with Gasteiger partial charge in [0.15, 0.2) is 0 Å². The second-order valence-corrected chi connectivity index (χ2v) is 5.43. The summed E-state index contributed by atoms with van der Waals surface area (Å²) in [5, 5.41) is 13.6. The lowest BCUT2D eigenvalue weighted by Crippen LogP contribution is -1.94. The first-order chi connectivity index (χ1) is 9.18. The first kappa shape index (κ1) is 12.2. The normalized spacial score (nSPS) is 10.8. The van der Waals surface area contributed by atoms with Crippen LogP contribution in [0.2, 0.25) is 5.02 Å². The Hall–Kier alpha value is -1.84. The summed E-state index contributed by atoms with van der Waals surface area (Å²) in [6.45, 7) is 0. The Morgan fingerprint density at radius 3 is 2.47 bits per heavy atom. The fraction of sp³-hybridized carbons (Fsp3) is 0. The number of carboxylic acids is 1. The van der Waals surface area contributed by atoms with Crippen LogP contribution in [0.5, 0.6) is 0 Å². The average Bonchev–Trinajstić information content (AvgIpc) is 2.89. The lowest BCUT2D eigenvalue weighted by Gasteiger charge is -2.07. The molecule has 0 unspecified atom stereocenters. The summed E-state index contributed by atoms with van der Waals surface area (Å²) in [6, 6.07) is 13.3. The number of fused-ring (bicyclic) bond motifs is 1. The molecule has 0 bridgehead atoms. The third-order valence-corrected chi connectivity index (χ3v) is 4.25. The number of rotatable bonds is 2. The lowest BCUT2D eigenvalue weighted by atomic mass is 9.99. The number of aromatic carboxylic acids is 1. The summed E-state index contributed by atoms with van der Waals surface area (Å²) < 4.78 is 0. The summed E-state index contributed by atoms with van der Waals surface area (Å²) in [4.78, 5) is 11.6. The summed E-state index contributed by atoms with van der Waals surface area (Å²) >= 11 is 7.41. The van der Waals surface area contributed by atoms with Crippen LogP contribution in [0.1, 0.15) is 9.67 Å². The maximum atomic E-state index is 11.2. The molecule has 0 radical (unpaired) electrons. The van der Waals surface area contributed by atoms with Crippen LogP contribution in [-0.2, 0) is 0 Å². The summed E-state index contributed by atoms with van der Waals surface area (Å²) in [5.41, 5.74) is 1.64. The second kappa shape index (κ2) is 4.68. The molecule has 2 nitrogen and oxygen atoms in total. The predicted octanol–water partition coefficient (Wildman–Crippen LogP) is 4.92. The van der Waals surface area contributed by atoms with E-state index in [0.717, 1.165) is 21.9 Å². The van der Waals surface area contributed by atoms with Gasteiger partial charge in [-0.25, -0.2) is 4.79 Å². The summed E-state index contributed by atoms with van der Waals surface area (Å²) in [7, 11) is 0. The molecule has 19 heavy (non-hydrogen) atoms. The minimum absolute atomic E-state index is 0.354. The Balaban J connectivity index is 2.35. The van der Waals surface area contributed by atoms with Crippen molar-refractivity contribution in [3.63, 3.8) is 0 Å². The molecule has 2 aromatic carbocycles. The number of carboxylic acid groups (broad SMARTS) is 1. The quantitative estimate of drug-likeness (QED) is 0.727. The van der Waals surface area contributed by atoms with E-state index in [1.807, 2.05) is 42.5 Å². The van der Waals surface area contributed by atoms with Crippen LogP contribution >= 0.6 is 22.9 Å². The van der Waals surface area contributed by atoms with Gasteiger partial charge in [-0.05, 0) is 28.5 Å². The van der Waals surface area contributed by atoms with Gasteiger partial charge in [0.05, 0.1) is 0 Å². The molecule has 4 heteroatoms. The van der Waals surface area contributed by atoms with Crippen molar-refractivity contribution in [2.75, 3.05) is 0 Å². The molecule has 0 aliphatic heterocycles. The number of hydrogen-bond donors (Lipinski definition) is 1. The third kappa shape index (κ3) is 2.01. The van der Waals surface area contributed by atoms with Gasteiger partial charge in [-0.2, -0.15) is 0 Å². The van der Waals surface area contributed by atoms with Gasteiger partial charge < -0.3 is 5.11 Å². The van der Waals surface area contributed by atoms with E-state index in [0.29, 0.717) is 9.90 Å². The van der Waals surface area contributed by atoms with E-state index >= 15 is 0 Å². The molecule has 0 fully saturated rings. The highest BCUT2D eigenvalue weighted by Crippen LogP contribution is 2.36. The van der Waals surface area contributed by atoms with Gasteiger partial charge in [-0.3, -0.25) is 0 Å². The highest BCUT2D eigenvalue weighted by Gasteiger charge is 2.15. The van der Waals surface area contributed by atoms with E-state index in [1.165, 1.54) is 11.3 Å². The Morgan fingerprint density at radius 1 is 1.00 bits per heavy atom. The van der Waals surface area contributed by atoms with Crippen LogP contribution in [0.4, 0.5) is 0 Å². The largest absolute Gasteiger partial charge is 0.477 e. The molecule has 0 saturated heterocycles. The van der Waals surface area contributed by atoms with Crippen LogP contribution in [-0.4, -0.2) is 11.1 Å². The van der Waals surface area contributed by atoms with Crippen molar-refractivity contribution in [3.05, 3.63) is 57.7 Å². The van der Waals surface area contributed by atoms with E-state index < -0.39 is 5.97 Å². The Bertz CT molecular complexity index is 777. The maximum absolute atomic E-state index is 11.2. The monoisotopic (exact) mass is 288 g/mol. The second-order valence-electron chi connectivity index (χ2n) is 4.11. The molecule has 0 aliphatic carbocycles. The first-order valence-corrected chi connectivity index (χ1v) is 6.92. The van der Waals surface area contributed by atoms with Crippen molar-refractivity contribution in [1.82, 2.24) is 0 Å². The first-order valence-electron chi connectivity index (χ1n) is 5.67. The van der Waals surface area contributed by atoms with Gasteiger partial charge in [-0.15, -0.1) is 11.3 Å². The van der Waals surface area contributed by atoms with E-state index in [2.05, 4.69) is 0 Å². The molecule has 1 N–H and O–H groups in total. The predicted molar refractivity (Wildman–Crippen MR) is 79.2 cm³/mol. The van der Waals surface area contributed by atoms with Gasteiger partial charge in [0.1, 0.15) is 4.88 Å². The van der Waals surface area contributed by atoms with Crippen LogP contribution in [0.25, 0.3) is 21.9 Å². The van der Waals surface area contributed by atoms with Crippen molar-refractivity contribution in [3.8, 4) is 11.1 Å². The molecular formula is C15H9ClO2S. The topological polar surface area (TPSA) is 37.3 Å². The highest BCUT2D eigenvalue weighted by molar-refractivity contribution is 7.12. The third-order valence-electron chi connectivity index (χ3n) is 3.02. The number of carbonyl (C=O) groups is 1. The molecule has 1 aromatic heterocycles. The molecule has 0 aliphatic rings. The maximum Gasteiger partial charge on any atom is 0.346 e. The molecule has 94 valence electrons. The Morgan fingerprint density at radius 2 is 1.74 bits per heavy atom. The summed E-state index contributed by atoms with van der Waals surface area (Å²) in [5.74, 6) is -0.899. The minimum Gasteiger partial charge on any atom is -0.477 e. The van der Waals surface area contributed by atoms with Gasteiger partial charge in [-0.1, -0.05) is 41.9 Å². The van der Waals surface area contributed by atoms with Crippen LogP contribution in [0, 0.1) is 0 Å². The van der Waals surface area contributed by atoms with Gasteiger partial charge in [0, 0.05) is 16.0 Å². The lowest BCUT2D eigenvalue weighted by molar-refractivity contribution is 0.0703. The van der Waals surface area contributed by atoms with Crippen LogP contribution in [0.3, 0.4) is 0 Å². The van der Waals surface area contributed by atoms with Crippen LogP contribution < -0.4 is 0 Å². The summed E-state index contributed by atoms with van der Waals surface area (Å²) in [6.07, 6.45) is 0. The average molecular weight is 289 g/mol. The smallest absolute Gasteiger partial charge is 0.346 e. The van der Waals surface area contributed by atoms with E-state index in [4.69, 9.17) is 11.6 Å². The van der Waals surface area contributed by atoms with Crippen molar-refractivity contribution >= 4 is 39.7 Å². The standard InChI is InChI=1S/C15H9ClO2S/c16-13-6-5-10(9-3-1-2-4-11(9)13)12-7-8-19-14(12)15(17)18/h1-8H,(H,17,18). The van der Waals surface area contributed by atoms with E-state index in [-0.39, 0.29) is 0 Å². The number of benzene rings is 2. The van der Waals surface area contributed by atoms with E-state index in [1.54, 1.807) is 5.38 Å². The van der Waals surface area contributed by atoms with E-state index in [9.17, 15) is 9.90 Å². The van der Waals surface area contributed by atoms with Crippen molar-refractivity contribution in [2.45, 2.75) is 0 Å². The van der Waals surface area contributed by atoms with Crippen molar-refractivity contribution in [1.29, 1.82) is 0 Å². The fourth-order valence-electron chi connectivity index (χ4n) is 2.18. The van der Waals surface area contributed by atoms with Crippen LogP contribution in [0.15, 0.2) is 47.8 Å². The van der Waals surface area contributed by atoms with Gasteiger partial charge in [0.25, 0.3) is 0 Å². The van der Waals surface area contributed by atoms with Crippen molar-refractivity contribution in [2.24, 2.45) is 0 Å². The molecule has 0 amide bonds. The number of thiophene rings is 1. The number of hydrogen-bond acceptors (Lipinski definition) is 2. The Kier molecular flexibility index (Phi) is 3.01. The zero-order valence-corrected chi connectivity index (χ0v) is 11.3. The van der Waals surface area contributed by atoms with Gasteiger partial charge >= 0.3 is 5.97 Å². The zero-order chi connectivity index (χ0) is 13.4. The molecule has 3 rings (SSSR count). The molecular weight excluding hydrogens is 280 g/mol. The molecule has 3 aromatic rings. The molecule has 1 heterocycles. The zero-order valence-electron chi connectivity index (χ0n) is 9.76. The Labute approximate surface area is 118 Å².